The van der Waals surface area contributed by atoms with Crippen LogP contribution in [0.3, 0.4) is 0 Å². The second kappa shape index (κ2) is 5.92. The second-order valence-electron chi connectivity index (χ2n) is 4.31. The molecule has 0 atom stereocenters. The summed E-state index contributed by atoms with van der Waals surface area (Å²) in [5.74, 6) is 0. The van der Waals surface area contributed by atoms with Crippen LogP contribution in [0.1, 0.15) is 12.5 Å². The van der Waals surface area contributed by atoms with Gasteiger partial charge in [-0.1, -0.05) is 43.3 Å². The Morgan fingerprint density at radius 3 is 2.52 bits per heavy atom. The van der Waals surface area contributed by atoms with Crippen molar-refractivity contribution in [3.8, 4) is 0 Å². The number of nitrogens with zero attached hydrogens (tertiary/aromatic N) is 2. The van der Waals surface area contributed by atoms with E-state index in [1.54, 1.807) is 18.2 Å². The van der Waals surface area contributed by atoms with Crippen molar-refractivity contribution < 1.29 is 13.3 Å². The molecule has 0 aliphatic carbocycles. The second-order valence-corrected chi connectivity index (χ2v) is 5.89. The van der Waals surface area contributed by atoms with Crippen molar-refractivity contribution >= 4 is 21.4 Å². The van der Waals surface area contributed by atoms with Crippen molar-refractivity contribution in [2.75, 3.05) is 0 Å². The van der Waals surface area contributed by atoms with Crippen LogP contribution in [0.15, 0.2) is 53.4 Å². The summed E-state index contributed by atoms with van der Waals surface area (Å²) in [7, 11) is -4.13. The summed E-state index contributed by atoms with van der Waals surface area (Å²) in [5, 5.41) is 10.9. The molecule has 0 bridgehead atoms. The zero-order chi connectivity index (χ0) is 15.5. The summed E-state index contributed by atoms with van der Waals surface area (Å²) in [6.45, 7) is 1.94. The SMILES string of the molecule is CCc1cccc([N-]S(=O)(=O)c2ccccc2[N+](=O)[O-])c1. The molecule has 0 N–H and O–H groups in total. The van der Waals surface area contributed by atoms with E-state index in [2.05, 4.69) is 4.72 Å². The average Bonchev–Trinajstić information content (AvgIpc) is 2.47. The van der Waals surface area contributed by atoms with Crippen LogP contribution in [0.4, 0.5) is 11.4 Å². The summed E-state index contributed by atoms with van der Waals surface area (Å²) in [6, 6.07) is 11.9. The molecule has 0 radical (unpaired) electrons. The standard InChI is InChI=1S/C14H13N2O4S/c1-2-11-6-5-7-12(10-11)15-21(19,20)14-9-4-3-8-13(14)16(17)18/h3-10H,2H2,1H3/q-1. The van der Waals surface area contributed by atoms with Gasteiger partial charge >= 0.3 is 0 Å². The smallest absolute Gasteiger partial charge is 0.286 e. The van der Waals surface area contributed by atoms with Crippen LogP contribution in [0.5, 0.6) is 0 Å². The van der Waals surface area contributed by atoms with Gasteiger partial charge in [-0.05, 0) is 18.1 Å². The lowest BCUT2D eigenvalue weighted by Crippen LogP contribution is -2.02. The molecule has 0 spiro atoms. The maximum Gasteiger partial charge on any atom is 0.286 e. The van der Waals surface area contributed by atoms with E-state index >= 15 is 0 Å². The Bertz CT molecular complexity index is 772. The van der Waals surface area contributed by atoms with Crippen LogP contribution in [0, 0.1) is 10.1 Å². The first-order valence-corrected chi connectivity index (χ1v) is 7.68. The number of aryl methyl sites for hydroxylation is 1. The van der Waals surface area contributed by atoms with Crippen LogP contribution in [0.25, 0.3) is 4.72 Å². The van der Waals surface area contributed by atoms with Crippen molar-refractivity contribution in [1.29, 1.82) is 0 Å². The van der Waals surface area contributed by atoms with Crippen molar-refractivity contribution in [1.82, 2.24) is 0 Å². The molecule has 7 heteroatoms. The predicted octanol–water partition coefficient (Wildman–Crippen LogP) is 3.55. The van der Waals surface area contributed by atoms with Crippen molar-refractivity contribution in [2.45, 2.75) is 18.2 Å². The lowest BCUT2D eigenvalue weighted by Gasteiger charge is -2.22. The lowest BCUT2D eigenvalue weighted by atomic mass is 10.1. The number of para-hydroxylation sites is 1. The van der Waals surface area contributed by atoms with Crippen LogP contribution in [-0.2, 0) is 16.4 Å². The highest BCUT2D eigenvalue weighted by atomic mass is 32.2. The molecule has 0 aromatic heterocycles. The minimum atomic E-state index is -4.13. The topological polar surface area (TPSA) is 91.4 Å². The molecule has 0 aliphatic heterocycles. The Kier molecular flexibility index (Phi) is 4.23. The first-order valence-electron chi connectivity index (χ1n) is 6.24. The summed E-state index contributed by atoms with van der Waals surface area (Å²) in [5.41, 5.74) is 0.717. The number of nitro benzene ring substituents is 1. The van der Waals surface area contributed by atoms with Crippen LogP contribution >= 0.6 is 0 Å². The minimum absolute atomic E-state index is 0.257. The average molecular weight is 305 g/mol. The fourth-order valence-electron chi connectivity index (χ4n) is 1.85. The van der Waals surface area contributed by atoms with E-state index in [0.29, 0.717) is 0 Å². The van der Waals surface area contributed by atoms with E-state index in [9.17, 15) is 18.5 Å². The number of hydrogen-bond acceptors (Lipinski definition) is 4. The van der Waals surface area contributed by atoms with Gasteiger partial charge in [0, 0.05) is 6.07 Å². The molecule has 0 saturated heterocycles. The highest BCUT2D eigenvalue weighted by Crippen LogP contribution is 2.32. The summed E-state index contributed by atoms with van der Waals surface area (Å²) < 4.78 is 28.2. The van der Waals surface area contributed by atoms with Gasteiger partial charge < -0.3 is 4.72 Å². The first kappa shape index (κ1) is 15.0. The van der Waals surface area contributed by atoms with Gasteiger partial charge in [0.2, 0.25) is 0 Å². The Morgan fingerprint density at radius 1 is 1.14 bits per heavy atom. The van der Waals surface area contributed by atoms with Crippen molar-refractivity contribution in [3.05, 3.63) is 68.9 Å². The van der Waals surface area contributed by atoms with Crippen LogP contribution in [-0.4, -0.2) is 13.3 Å². The third-order valence-corrected chi connectivity index (χ3v) is 4.24. The highest BCUT2D eigenvalue weighted by Gasteiger charge is 2.19. The number of sulfonamides is 1. The molecule has 110 valence electrons. The first-order chi connectivity index (χ1) is 9.94. The van der Waals surface area contributed by atoms with Gasteiger partial charge in [0.15, 0.2) is 0 Å². The van der Waals surface area contributed by atoms with Gasteiger partial charge in [-0.25, -0.2) is 8.42 Å². The van der Waals surface area contributed by atoms with Gasteiger partial charge in [-0.2, -0.15) is 0 Å². The van der Waals surface area contributed by atoms with Crippen LogP contribution < -0.4 is 0 Å². The van der Waals surface area contributed by atoms with Gasteiger partial charge in [0.1, 0.15) is 14.9 Å². The van der Waals surface area contributed by atoms with Crippen molar-refractivity contribution in [3.63, 3.8) is 0 Å². The van der Waals surface area contributed by atoms with Crippen LogP contribution in [0.2, 0.25) is 0 Å². The van der Waals surface area contributed by atoms with E-state index in [1.165, 1.54) is 18.2 Å². The third-order valence-electron chi connectivity index (χ3n) is 2.88. The maximum absolute atomic E-state index is 12.3. The van der Waals surface area contributed by atoms with Crippen molar-refractivity contribution in [2.24, 2.45) is 0 Å². The summed E-state index contributed by atoms with van der Waals surface area (Å²) in [6.07, 6.45) is 0.745. The molecule has 6 nitrogen and oxygen atoms in total. The van der Waals surface area contributed by atoms with E-state index in [1.807, 2.05) is 13.0 Å². The largest absolute Gasteiger partial charge is 0.572 e. The number of rotatable bonds is 5. The van der Waals surface area contributed by atoms with Gasteiger partial charge in [-0.3, -0.25) is 10.1 Å². The van der Waals surface area contributed by atoms with Gasteiger partial charge in [0.25, 0.3) is 5.69 Å². The molecular weight excluding hydrogens is 292 g/mol. The lowest BCUT2D eigenvalue weighted by molar-refractivity contribution is -0.387. The zero-order valence-electron chi connectivity index (χ0n) is 11.3. The molecule has 0 saturated carbocycles. The fourth-order valence-corrected chi connectivity index (χ4v) is 2.99. The Hall–Kier alpha value is -2.41. The molecule has 2 aromatic rings. The quantitative estimate of drug-likeness (QED) is 0.623. The molecule has 21 heavy (non-hydrogen) atoms. The molecule has 0 aliphatic rings. The predicted molar refractivity (Wildman–Crippen MR) is 79.1 cm³/mol. The molecule has 0 heterocycles. The molecular formula is C14H13N2O4S-. The molecule has 2 rings (SSSR count). The number of hydrogen-bond donors (Lipinski definition) is 0. The number of nitro groups is 1. The Morgan fingerprint density at radius 2 is 1.86 bits per heavy atom. The zero-order valence-corrected chi connectivity index (χ0v) is 12.1. The van der Waals surface area contributed by atoms with E-state index in [0.717, 1.165) is 18.1 Å². The van der Waals surface area contributed by atoms with E-state index < -0.39 is 25.5 Å². The summed E-state index contributed by atoms with van der Waals surface area (Å²) in [4.78, 5) is 9.78. The molecule has 0 amide bonds. The van der Waals surface area contributed by atoms with Gasteiger partial charge in [-0.15, -0.1) is 5.69 Å². The molecule has 2 aromatic carbocycles. The fraction of sp³-hybridized carbons (Fsp3) is 0.143. The third kappa shape index (κ3) is 3.38. The van der Waals surface area contributed by atoms with E-state index in [4.69, 9.17) is 0 Å². The minimum Gasteiger partial charge on any atom is -0.572 e. The Balaban J connectivity index is 2.41. The molecule has 0 unspecified atom stereocenters. The Labute approximate surface area is 122 Å². The molecule has 0 fully saturated rings. The monoisotopic (exact) mass is 305 g/mol. The maximum atomic E-state index is 12.3. The normalized spacial score (nSPS) is 11.1. The summed E-state index contributed by atoms with van der Waals surface area (Å²) >= 11 is 0. The van der Waals surface area contributed by atoms with E-state index in [-0.39, 0.29) is 5.69 Å². The highest BCUT2D eigenvalue weighted by molar-refractivity contribution is 7.94. The van der Waals surface area contributed by atoms with Gasteiger partial charge in [0.05, 0.1) is 4.92 Å². The number of benzene rings is 2.